The van der Waals surface area contributed by atoms with Gasteiger partial charge in [-0.2, -0.15) is 4.98 Å². The third-order valence-electron chi connectivity index (χ3n) is 5.70. The second kappa shape index (κ2) is 12.8. The van der Waals surface area contributed by atoms with Gasteiger partial charge in [-0.3, -0.25) is 4.72 Å². The number of amides is 1. The number of hydrogen-bond acceptors (Lipinski definition) is 8. The van der Waals surface area contributed by atoms with E-state index in [9.17, 15) is 14.7 Å². The van der Waals surface area contributed by atoms with Crippen molar-refractivity contribution in [3.05, 3.63) is 65.2 Å². The van der Waals surface area contributed by atoms with Gasteiger partial charge in [-0.15, -0.1) is 0 Å². The first-order chi connectivity index (χ1) is 18.3. The predicted octanol–water partition coefficient (Wildman–Crippen LogP) is 6.51. The van der Waals surface area contributed by atoms with E-state index < -0.39 is 17.7 Å². The summed E-state index contributed by atoms with van der Waals surface area (Å²) in [6.07, 6.45) is -0.508. The van der Waals surface area contributed by atoms with Crippen molar-refractivity contribution >= 4 is 30.0 Å². The minimum Gasteiger partial charge on any atom is -0.478 e. The topological polar surface area (TPSA) is 123 Å². The summed E-state index contributed by atoms with van der Waals surface area (Å²) in [4.78, 5) is 33.7. The van der Waals surface area contributed by atoms with Gasteiger partial charge in [-0.1, -0.05) is 38.1 Å². The molecule has 0 saturated heterocycles. The summed E-state index contributed by atoms with van der Waals surface area (Å²) in [5.41, 5.74) is 3.34. The molecule has 39 heavy (non-hydrogen) atoms. The molecule has 208 valence electrons. The first kappa shape index (κ1) is 29.8. The normalized spacial score (nSPS) is 12.1. The molecule has 0 radical (unpaired) electrons. The molecule has 0 fully saturated rings. The highest BCUT2D eigenvalue weighted by Gasteiger charge is 2.23. The number of benzene rings is 2. The Morgan fingerprint density at radius 3 is 2.31 bits per heavy atom. The molecule has 2 aromatic carbocycles. The van der Waals surface area contributed by atoms with Gasteiger partial charge in [0, 0.05) is 16.5 Å². The second-order valence-electron chi connectivity index (χ2n) is 10.5. The van der Waals surface area contributed by atoms with Crippen molar-refractivity contribution in [2.24, 2.45) is 5.92 Å². The lowest BCUT2D eigenvalue weighted by molar-refractivity contribution is 0.0467. The molecule has 0 saturated carbocycles. The van der Waals surface area contributed by atoms with E-state index in [0.717, 1.165) is 16.7 Å². The maximum Gasteiger partial charge on any atom is 0.407 e. The Morgan fingerprint density at radius 2 is 1.69 bits per heavy atom. The highest BCUT2D eigenvalue weighted by molar-refractivity contribution is 8.00. The summed E-state index contributed by atoms with van der Waals surface area (Å²) in [5, 5.41) is 12.2. The molecule has 0 aliphatic rings. The molecule has 10 heteroatoms. The Labute approximate surface area is 233 Å². The number of aryl methyl sites for hydroxylation is 2. The van der Waals surface area contributed by atoms with Crippen LogP contribution in [0.2, 0.25) is 0 Å². The number of ether oxygens (including phenoxy) is 2. The third-order valence-corrected chi connectivity index (χ3v) is 6.47. The number of rotatable bonds is 10. The van der Waals surface area contributed by atoms with E-state index in [0.29, 0.717) is 22.4 Å². The molecule has 0 aliphatic heterocycles. The van der Waals surface area contributed by atoms with E-state index in [2.05, 4.69) is 15.0 Å². The average Bonchev–Trinajstić information content (AvgIpc) is 2.84. The first-order valence-corrected chi connectivity index (χ1v) is 13.5. The van der Waals surface area contributed by atoms with Gasteiger partial charge in [0.15, 0.2) is 0 Å². The van der Waals surface area contributed by atoms with Gasteiger partial charge in [-0.25, -0.2) is 14.6 Å². The summed E-state index contributed by atoms with van der Waals surface area (Å²) < 4.78 is 14.6. The zero-order valence-corrected chi connectivity index (χ0v) is 24.2. The number of carbonyl (C=O) groups is 2. The van der Waals surface area contributed by atoms with E-state index >= 15 is 0 Å². The van der Waals surface area contributed by atoms with E-state index in [4.69, 9.17) is 14.5 Å². The largest absolute Gasteiger partial charge is 0.478 e. The fourth-order valence-electron chi connectivity index (χ4n) is 3.72. The molecule has 0 bridgehead atoms. The van der Waals surface area contributed by atoms with Crippen molar-refractivity contribution in [1.29, 1.82) is 0 Å². The average molecular weight is 553 g/mol. The van der Waals surface area contributed by atoms with Crippen LogP contribution in [-0.2, 0) is 4.74 Å². The van der Waals surface area contributed by atoms with Crippen LogP contribution in [0.4, 0.5) is 10.7 Å². The lowest BCUT2D eigenvalue weighted by atomic mass is 10.00. The molecule has 1 aromatic heterocycles. The summed E-state index contributed by atoms with van der Waals surface area (Å²) in [7, 11) is 0. The standard InChI is InChI=1S/C29H36N4O5S/c1-17(2)23(31-28(36)38-29(5,6)7)16-37-24-15-22(25-18(3)10-8-11-19(25)4)30-27(32-24)33-39-21-13-9-12-20(14-21)26(34)35/h8-15,17,23H,16H2,1-7H3,(H,31,36)(H,34,35)(H,30,32,33)/t23-/m0/s1. The van der Waals surface area contributed by atoms with Gasteiger partial charge in [0.1, 0.15) is 12.2 Å². The number of anilines is 1. The van der Waals surface area contributed by atoms with Crippen LogP contribution < -0.4 is 14.8 Å². The van der Waals surface area contributed by atoms with Crippen LogP contribution in [0.15, 0.2) is 53.4 Å². The van der Waals surface area contributed by atoms with Crippen LogP contribution in [0.1, 0.15) is 56.1 Å². The van der Waals surface area contributed by atoms with Crippen molar-refractivity contribution in [2.75, 3.05) is 11.3 Å². The Bertz CT molecular complexity index is 1300. The maximum atomic E-state index is 12.4. The van der Waals surface area contributed by atoms with E-state index in [1.54, 1.807) is 24.3 Å². The van der Waals surface area contributed by atoms with Gasteiger partial charge in [0.05, 0.1) is 17.3 Å². The van der Waals surface area contributed by atoms with Gasteiger partial charge in [-0.05, 0) is 81.8 Å². The van der Waals surface area contributed by atoms with Gasteiger partial charge in [0.25, 0.3) is 0 Å². The molecule has 0 aliphatic carbocycles. The number of aromatic nitrogens is 2. The van der Waals surface area contributed by atoms with Crippen molar-refractivity contribution in [1.82, 2.24) is 15.3 Å². The minimum absolute atomic E-state index is 0.0760. The van der Waals surface area contributed by atoms with Crippen LogP contribution >= 0.6 is 11.9 Å². The number of nitrogens with zero attached hydrogens (tertiary/aromatic N) is 2. The number of carboxylic acid groups (broad SMARTS) is 1. The highest BCUT2D eigenvalue weighted by atomic mass is 32.2. The molecule has 3 rings (SSSR count). The van der Waals surface area contributed by atoms with Crippen molar-refractivity contribution in [2.45, 2.75) is 65.0 Å². The number of carboxylic acids is 1. The van der Waals surface area contributed by atoms with E-state index in [-0.39, 0.29) is 24.1 Å². The van der Waals surface area contributed by atoms with E-state index in [1.807, 2.05) is 66.7 Å². The molecule has 1 atom stereocenters. The number of aromatic carboxylic acids is 1. The molecule has 1 amide bonds. The highest BCUT2D eigenvalue weighted by Crippen LogP contribution is 2.30. The summed E-state index contributed by atoms with van der Waals surface area (Å²) in [5.74, 6) is -0.285. The van der Waals surface area contributed by atoms with Crippen LogP contribution in [-0.4, -0.2) is 45.4 Å². The Hall–Kier alpha value is -3.79. The van der Waals surface area contributed by atoms with Crippen molar-refractivity contribution in [3.8, 4) is 17.1 Å². The number of hydrogen-bond donors (Lipinski definition) is 3. The maximum absolute atomic E-state index is 12.4. The first-order valence-electron chi connectivity index (χ1n) is 12.7. The van der Waals surface area contributed by atoms with Crippen LogP contribution in [0.3, 0.4) is 0 Å². The third kappa shape index (κ3) is 8.88. The summed E-state index contributed by atoms with van der Waals surface area (Å²) >= 11 is 1.20. The van der Waals surface area contributed by atoms with Crippen molar-refractivity contribution < 1.29 is 24.2 Å². The molecule has 3 N–H and O–H groups in total. The lowest BCUT2D eigenvalue weighted by Crippen LogP contribution is -2.45. The fraction of sp³-hybridized carbons (Fsp3) is 0.379. The molecular formula is C29H36N4O5S. The Kier molecular flexibility index (Phi) is 9.80. The Balaban J connectivity index is 1.87. The molecule has 9 nitrogen and oxygen atoms in total. The number of alkyl carbamates (subject to hydrolysis) is 1. The fourth-order valence-corrected chi connectivity index (χ4v) is 4.36. The number of carbonyl (C=O) groups excluding carboxylic acids is 1. The Morgan fingerprint density at radius 1 is 1.03 bits per heavy atom. The summed E-state index contributed by atoms with van der Waals surface area (Å²) in [6, 6.07) is 14.1. The monoisotopic (exact) mass is 552 g/mol. The van der Waals surface area contributed by atoms with Gasteiger partial charge in [0.2, 0.25) is 11.8 Å². The lowest BCUT2D eigenvalue weighted by Gasteiger charge is -2.25. The number of nitrogens with one attached hydrogen (secondary N) is 2. The molecule has 1 heterocycles. The summed E-state index contributed by atoms with van der Waals surface area (Å²) in [6.45, 7) is 13.6. The molecule has 0 unspecified atom stereocenters. The molecular weight excluding hydrogens is 516 g/mol. The second-order valence-corrected chi connectivity index (χ2v) is 11.4. The van der Waals surface area contributed by atoms with Crippen LogP contribution in [0, 0.1) is 19.8 Å². The SMILES string of the molecule is Cc1cccc(C)c1-c1cc(OC[C@H](NC(=O)OC(C)(C)C)C(C)C)nc(NSc2cccc(C(=O)O)c2)n1. The van der Waals surface area contributed by atoms with Gasteiger partial charge < -0.3 is 19.9 Å². The zero-order valence-electron chi connectivity index (χ0n) is 23.4. The van der Waals surface area contributed by atoms with Crippen LogP contribution in [0.25, 0.3) is 11.3 Å². The minimum atomic E-state index is -0.999. The smallest absolute Gasteiger partial charge is 0.407 e. The van der Waals surface area contributed by atoms with E-state index in [1.165, 1.54) is 18.0 Å². The van der Waals surface area contributed by atoms with Crippen LogP contribution in [0.5, 0.6) is 5.88 Å². The van der Waals surface area contributed by atoms with Crippen molar-refractivity contribution in [3.63, 3.8) is 0 Å². The zero-order chi connectivity index (χ0) is 28.7. The predicted molar refractivity (Wildman–Crippen MR) is 153 cm³/mol. The quantitative estimate of drug-likeness (QED) is 0.242. The molecule has 0 spiro atoms. The molecule has 3 aromatic rings. The van der Waals surface area contributed by atoms with Gasteiger partial charge >= 0.3 is 12.1 Å².